The average molecular weight is 213 g/mol. The molecule has 0 aromatic heterocycles. The fourth-order valence-electron chi connectivity index (χ4n) is 1.21. The van der Waals surface area contributed by atoms with Crippen LogP contribution in [-0.2, 0) is 4.74 Å². The molecule has 0 saturated heterocycles. The van der Waals surface area contributed by atoms with Crippen LogP contribution in [0.3, 0.4) is 0 Å². The normalized spacial score (nSPS) is 20.5. The third kappa shape index (κ3) is 2.79. The molecule has 1 atom stereocenters. The van der Waals surface area contributed by atoms with Gasteiger partial charge in [-0.2, -0.15) is 8.78 Å². The minimum absolute atomic E-state index is 0.397. The molecule has 6 heteroatoms. The highest BCUT2D eigenvalue weighted by Crippen LogP contribution is 2.30. The van der Waals surface area contributed by atoms with Gasteiger partial charge in [-0.15, -0.1) is 0 Å². The summed E-state index contributed by atoms with van der Waals surface area (Å²) in [5, 5.41) is -3.39. The minimum atomic E-state index is -3.39. The average Bonchev–Trinajstić information content (AvgIpc) is 2.05. The third-order valence-corrected chi connectivity index (χ3v) is 2.05. The van der Waals surface area contributed by atoms with E-state index in [-0.39, 0.29) is 0 Å². The summed E-state index contributed by atoms with van der Waals surface area (Å²) in [5.41, 5.74) is 2.38. The van der Waals surface area contributed by atoms with Crippen LogP contribution in [0.5, 0.6) is 0 Å². The van der Waals surface area contributed by atoms with Crippen LogP contribution in [0, 0.1) is 0 Å². The van der Waals surface area contributed by atoms with Gasteiger partial charge in [0.25, 0.3) is 0 Å². The van der Waals surface area contributed by atoms with E-state index in [1.807, 2.05) is 5.43 Å². The maximum atomic E-state index is 12.7. The molecular weight excluding hydrogens is 202 g/mol. The van der Waals surface area contributed by atoms with Crippen molar-refractivity contribution in [3.8, 4) is 0 Å². The van der Waals surface area contributed by atoms with Gasteiger partial charge in [0, 0.05) is 0 Å². The fraction of sp³-hybridized carbons (Fsp3) is 0.714. The van der Waals surface area contributed by atoms with E-state index in [9.17, 15) is 8.78 Å². The summed E-state index contributed by atoms with van der Waals surface area (Å²) in [6.45, 7) is 0.550. The van der Waals surface area contributed by atoms with Crippen LogP contribution in [-0.4, -0.2) is 18.0 Å². The molecule has 1 unspecified atom stereocenters. The van der Waals surface area contributed by atoms with Crippen LogP contribution >= 0.6 is 11.6 Å². The van der Waals surface area contributed by atoms with Crippen molar-refractivity contribution in [1.82, 2.24) is 5.43 Å². The van der Waals surface area contributed by atoms with E-state index in [0.29, 0.717) is 25.0 Å². The van der Waals surface area contributed by atoms with Crippen LogP contribution in [0.2, 0.25) is 0 Å². The van der Waals surface area contributed by atoms with Gasteiger partial charge in [-0.05, 0) is 30.0 Å². The van der Waals surface area contributed by atoms with Gasteiger partial charge in [0.05, 0.1) is 12.9 Å². The fourth-order valence-corrected chi connectivity index (χ4v) is 1.41. The molecule has 0 radical (unpaired) electrons. The summed E-state index contributed by atoms with van der Waals surface area (Å²) >= 11 is 4.86. The van der Waals surface area contributed by atoms with E-state index < -0.39 is 11.4 Å². The molecule has 1 aliphatic heterocycles. The number of hydrogen-bond donors (Lipinski definition) is 2. The van der Waals surface area contributed by atoms with E-state index in [2.05, 4.69) is 0 Å². The Morgan fingerprint density at radius 1 is 1.69 bits per heavy atom. The lowest BCUT2D eigenvalue weighted by molar-refractivity contribution is 0.0584. The standard InChI is InChI=1S/C7H11ClF2N2O/c8-7(9,10)6(12-11)5-2-1-3-13-4-5/h4,6,12H,1-3,11H2. The topological polar surface area (TPSA) is 47.3 Å². The van der Waals surface area contributed by atoms with Crippen molar-refractivity contribution in [3.05, 3.63) is 11.8 Å². The molecule has 0 aliphatic carbocycles. The Morgan fingerprint density at radius 2 is 2.38 bits per heavy atom. The first-order valence-corrected chi connectivity index (χ1v) is 4.27. The molecule has 3 N–H and O–H groups in total. The van der Waals surface area contributed by atoms with E-state index in [1.165, 1.54) is 6.26 Å². The molecule has 13 heavy (non-hydrogen) atoms. The van der Waals surface area contributed by atoms with Crippen LogP contribution in [0.25, 0.3) is 0 Å². The molecule has 0 spiro atoms. The van der Waals surface area contributed by atoms with Crippen molar-refractivity contribution in [3.63, 3.8) is 0 Å². The Kier molecular flexibility index (Phi) is 3.47. The second-order valence-corrected chi connectivity index (χ2v) is 3.31. The second-order valence-electron chi connectivity index (χ2n) is 2.81. The van der Waals surface area contributed by atoms with E-state index >= 15 is 0 Å². The van der Waals surface area contributed by atoms with Gasteiger partial charge in [-0.25, -0.2) is 5.43 Å². The van der Waals surface area contributed by atoms with E-state index in [1.54, 1.807) is 0 Å². The van der Waals surface area contributed by atoms with Crippen LogP contribution < -0.4 is 11.3 Å². The van der Waals surface area contributed by atoms with Gasteiger partial charge in [0.1, 0.15) is 6.04 Å². The zero-order chi connectivity index (χ0) is 9.90. The number of nitrogens with one attached hydrogen (secondary N) is 1. The molecule has 0 aromatic carbocycles. The Labute approximate surface area is 79.8 Å². The molecule has 0 bridgehead atoms. The largest absolute Gasteiger partial charge is 0.501 e. The molecule has 3 nitrogen and oxygen atoms in total. The summed E-state index contributed by atoms with van der Waals surface area (Å²) in [5.74, 6) is 4.98. The highest BCUT2D eigenvalue weighted by molar-refractivity contribution is 6.22. The first kappa shape index (κ1) is 10.7. The number of hydrazine groups is 1. The Morgan fingerprint density at radius 3 is 2.77 bits per heavy atom. The van der Waals surface area contributed by atoms with E-state index in [4.69, 9.17) is 22.2 Å². The molecule has 0 aromatic rings. The number of rotatable bonds is 3. The van der Waals surface area contributed by atoms with Crippen molar-refractivity contribution in [1.29, 1.82) is 0 Å². The van der Waals surface area contributed by atoms with Crippen molar-refractivity contribution < 1.29 is 13.5 Å². The molecule has 1 aliphatic rings. The summed E-state index contributed by atoms with van der Waals surface area (Å²) < 4.78 is 30.3. The lowest BCUT2D eigenvalue weighted by Crippen LogP contribution is -2.47. The van der Waals surface area contributed by atoms with Crippen LogP contribution in [0.4, 0.5) is 8.78 Å². The maximum absolute atomic E-state index is 12.7. The van der Waals surface area contributed by atoms with Crippen molar-refractivity contribution >= 4 is 11.6 Å². The number of nitrogens with two attached hydrogens (primary N) is 1. The Hall–Kier alpha value is -0.390. The number of hydrogen-bond acceptors (Lipinski definition) is 3. The molecular formula is C7H11ClF2N2O. The molecule has 0 saturated carbocycles. The lowest BCUT2D eigenvalue weighted by atomic mass is 10.0. The van der Waals surface area contributed by atoms with Gasteiger partial charge < -0.3 is 4.74 Å². The summed E-state index contributed by atoms with van der Waals surface area (Å²) in [4.78, 5) is 0. The Balaban J connectivity index is 2.70. The predicted molar refractivity (Wildman–Crippen MR) is 45.2 cm³/mol. The highest BCUT2D eigenvalue weighted by atomic mass is 35.5. The third-order valence-electron chi connectivity index (χ3n) is 1.83. The lowest BCUT2D eigenvalue weighted by Gasteiger charge is -2.25. The minimum Gasteiger partial charge on any atom is -0.501 e. The van der Waals surface area contributed by atoms with Gasteiger partial charge in [-0.1, -0.05) is 0 Å². The first-order valence-electron chi connectivity index (χ1n) is 3.89. The highest BCUT2D eigenvalue weighted by Gasteiger charge is 2.39. The van der Waals surface area contributed by atoms with Gasteiger partial charge in [0.15, 0.2) is 0 Å². The van der Waals surface area contributed by atoms with Gasteiger partial charge >= 0.3 is 5.38 Å². The predicted octanol–water partition coefficient (Wildman–Crippen LogP) is 1.34. The smallest absolute Gasteiger partial charge is 0.341 e. The van der Waals surface area contributed by atoms with E-state index in [0.717, 1.165) is 0 Å². The monoisotopic (exact) mass is 212 g/mol. The van der Waals surface area contributed by atoms with Crippen molar-refractivity contribution in [2.24, 2.45) is 5.84 Å². The summed E-state index contributed by atoms with van der Waals surface area (Å²) in [7, 11) is 0. The van der Waals surface area contributed by atoms with Crippen molar-refractivity contribution in [2.45, 2.75) is 24.3 Å². The van der Waals surface area contributed by atoms with Crippen LogP contribution in [0.15, 0.2) is 11.8 Å². The molecule has 0 fully saturated rings. The van der Waals surface area contributed by atoms with Crippen molar-refractivity contribution in [2.75, 3.05) is 6.61 Å². The molecule has 1 heterocycles. The zero-order valence-electron chi connectivity index (χ0n) is 6.90. The zero-order valence-corrected chi connectivity index (χ0v) is 7.65. The number of ether oxygens (including phenoxy) is 1. The summed E-state index contributed by atoms with van der Waals surface area (Å²) in [6, 6.07) is -1.35. The molecule has 0 amide bonds. The quantitative estimate of drug-likeness (QED) is 0.422. The number of halogens is 3. The van der Waals surface area contributed by atoms with Crippen LogP contribution in [0.1, 0.15) is 12.8 Å². The maximum Gasteiger partial charge on any atom is 0.341 e. The molecule has 1 rings (SSSR count). The summed E-state index contributed by atoms with van der Waals surface area (Å²) in [6.07, 6.45) is 2.53. The van der Waals surface area contributed by atoms with Gasteiger partial charge in [0.2, 0.25) is 0 Å². The second kappa shape index (κ2) is 4.21. The molecule has 76 valence electrons. The first-order chi connectivity index (χ1) is 6.05. The number of alkyl halides is 3. The Bertz CT molecular complexity index is 205. The van der Waals surface area contributed by atoms with Gasteiger partial charge in [-0.3, -0.25) is 5.84 Å². The SMILES string of the molecule is NNC(C1=COCCC1)C(F)(F)Cl.